The van der Waals surface area contributed by atoms with Gasteiger partial charge in [-0.1, -0.05) is 12.1 Å². The zero-order valence-corrected chi connectivity index (χ0v) is 13.3. The molecule has 1 saturated heterocycles. The molecule has 2 rings (SSSR count). The summed E-state index contributed by atoms with van der Waals surface area (Å²) in [6, 6.07) is 7.31. The minimum absolute atomic E-state index is 0.112. The van der Waals surface area contributed by atoms with E-state index in [1.807, 2.05) is 18.2 Å². The summed E-state index contributed by atoms with van der Waals surface area (Å²) in [6.07, 6.45) is -0.559. The molecule has 1 aromatic rings. The monoisotopic (exact) mass is 309 g/mol. The number of rotatable bonds is 7. The number of benzene rings is 1. The Bertz CT molecular complexity index is 475. The first kappa shape index (κ1) is 16.6. The quantitative estimate of drug-likeness (QED) is 0.712. The van der Waals surface area contributed by atoms with Crippen molar-refractivity contribution in [2.24, 2.45) is 0 Å². The van der Waals surface area contributed by atoms with Crippen LogP contribution in [-0.4, -0.2) is 58.5 Å². The Morgan fingerprint density at radius 1 is 1.32 bits per heavy atom. The molecule has 0 saturated carbocycles. The first-order chi connectivity index (χ1) is 10.7. The molecule has 1 amide bonds. The Morgan fingerprint density at radius 3 is 2.68 bits per heavy atom. The Hall–Kier alpha value is -1.79. The molecule has 0 unspecified atom stereocenters. The van der Waals surface area contributed by atoms with Crippen molar-refractivity contribution in [1.82, 2.24) is 5.32 Å². The maximum Gasteiger partial charge on any atom is 0.260 e. The Kier molecular flexibility index (Phi) is 6.48. The lowest BCUT2D eigenvalue weighted by Crippen LogP contribution is -3.14. The summed E-state index contributed by atoms with van der Waals surface area (Å²) < 4.78 is 16.2. The van der Waals surface area contributed by atoms with Gasteiger partial charge in [-0.15, -0.1) is 0 Å². The van der Waals surface area contributed by atoms with Crippen LogP contribution in [-0.2, 0) is 9.53 Å². The Balaban J connectivity index is 1.74. The third-order valence-corrected chi connectivity index (χ3v) is 3.72. The molecule has 0 radical (unpaired) electrons. The number of amides is 1. The van der Waals surface area contributed by atoms with E-state index in [0.29, 0.717) is 18.0 Å². The van der Waals surface area contributed by atoms with E-state index in [-0.39, 0.29) is 5.91 Å². The van der Waals surface area contributed by atoms with E-state index >= 15 is 0 Å². The van der Waals surface area contributed by atoms with E-state index in [0.717, 1.165) is 32.8 Å². The first-order valence-electron chi connectivity index (χ1n) is 7.69. The molecular formula is C16H25N2O4+. The van der Waals surface area contributed by atoms with E-state index < -0.39 is 6.10 Å². The molecular weight excluding hydrogens is 284 g/mol. The second-order valence-corrected chi connectivity index (χ2v) is 5.31. The fourth-order valence-corrected chi connectivity index (χ4v) is 2.38. The lowest BCUT2D eigenvalue weighted by molar-refractivity contribution is -0.906. The number of ether oxygens (including phenoxy) is 3. The van der Waals surface area contributed by atoms with Gasteiger partial charge in [0.1, 0.15) is 13.1 Å². The van der Waals surface area contributed by atoms with Gasteiger partial charge in [-0.05, 0) is 19.1 Å². The van der Waals surface area contributed by atoms with E-state index in [4.69, 9.17) is 14.2 Å². The van der Waals surface area contributed by atoms with Gasteiger partial charge in [-0.25, -0.2) is 0 Å². The molecule has 1 atom stereocenters. The molecule has 0 bridgehead atoms. The molecule has 1 fully saturated rings. The summed E-state index contributed by atoms with van der Waals surface area (Å²) in [5.41, 5.74) is 0. The standard InChI is InChI=1S/C16H24N2O4/c1-13(22-15-6-4-3-5-14(15)20-2)16(19)17-7-8-18-9-11-21-12-10-18/h3-6,13H,7-12H2,1-2H3,(H,17,19)/p+1/t13-/m0/s1. The predicted molar refractivity (Wildman–Crippen MR) is 82.5 cm³/mol. The van der Waals surface area contributed by atoms with Crippen LogP contribution in [0.4, 0.5) is 0 Å². The highest BCUT2D eigenvalue weighted by atomic mass is 16.5. The predicted octanol–water partition coefficient (Wildman–Crippen LogP) is -0.506. The van der Waals surface area contributed by atoms with Gasteiger partial charge in [-0.3, -0.25) is 4.79 Å². The van der Waals surface area contributed by atoms with Crippen LogP contribution in [0.5, 0.6) is 11.5 Å². The number of methoxy groups -OCH3 is 1. The van der Waals surface area contributed by atoms with Crippen molar-refractivity contribution in [1.29, 1.82) is 0 Å². The van der Waals surface area contributed by atoms with Crippen LogP contribution < -0.4 is 19.7 Å². The zero-order chi connectivity index (χ0) is 15.8. The minimum atomic E-state index is -0.559. The van der Waals surface area contributed by atoms with Crippen molar-refractivity contribution < 1.29 is 23.9 Å². The summed E-state index contributed by atoms with van der Waals surface area (Å²) in [7, 11) is 1.58. The molecule has 1 aliphatic rings. The molecule has 22 heavy (non-hydrogen) atoms. The van der Waals surface area contributed by atoms with Crippen LogP contribution in [0.1, 0.15) is 6.92 Å². The van der Waals surface area contributed by atoms with Gasteiger partial charge in [-0.2, -0.15) is 0 Å². The summed E-state index contributed by atoms with van der Waals surface area (Å²) in [6.45, 7) is 6.91. The number of quaternary nitrogens is 1. The molecule has 0 aromatic heterocycles. The Morgan fingerprint density at radius 2 is 2.00 bits per heavy atom. The lowest BCUT2D eigenvalue weighted by Gasteiger charge is -2.24. The van der Waals surface area contributed by atoms with Crippen LogP contribution in [0.3, 0.4) is 0 Å². The maximum absolute atomic E-state index is 12.1. The number of hydrogen-bond acceptors (Lipinski definition) is 4. The molecule has 0 spiro atoms. The van der Waals surface area contributed by atoms with Gasteiger partial charge in [0, 0.05) is 0 Å². The lowest BCUT2D eigenvalue weighted by atomic mass is 10.3. The van der Waals surface area contributed by atoms with E-state index in [1.165, 1.54) is 4.90 Å². The maximum atomic E-state index is 12.1. The molecule has 0 aliphatic carbocycles. The van der Waals surface area contributed by atoms with E-state index in [1.54, 1.807) is 20.1 Å². The van der Waals surface area contributed by atoms with Crippen LogP contribution in [0.15, 0.2) is 24.3 Å². The summed E-state index contributed by atoms with van der Waals surface area (Å²) in [5, 5.41) is 2.92. The fraction of sp³-hybridized carbons (Fsp3) is 0.562. The largest absolute Gasteiger partial charge is 0.493 e. The van der Waals surface area contributed by atoms with Crippen LogP contribution in [0.2, 0.25) is 0 Å². The topological polar surface area (TPSA) is 61.2 Å². The second kappa shape index (κ2) is 8.60. The molecule has 1 heterocycles. The summed E-state index contributed by atoms with van der Waals surface area (Å²) >= 11 is 0. The molecule has 6 heteroatoms. The van der Waals surface area contributed by atoms with E-state index in [9.17, 15) is 4.79 Å². The van der Waals surface area contributed by atoms with Gasteiger partial charge in [0.25, 0.3) is 5.91 Å². The number of morpholine rings is 1. The number of nitrogens with one attached hydrogen (secondary N) is 2. The SMILES string of the molecule is COc1ccccc1O[C@@H](C)C(=O)NCC[NH+]1CCOCC1. The number of carbonyl (C=O) groups excluding carboxylic acids is 1. The van der Waals surface area contributed by atoms with Crippen LogP contribution in [0, 0.1) is 0 Å². The molecule has 2 N–H and O–H groups in total. The minimum Gasteiger partial charge on any atom is -0.493 e. The first-order valence-corrected chi connectivity index (χ1v) is 7.69. The van der Waals surface area contributed by atoms with Crippen molar-refractivity contribution in [3.63, 3.8) is 0 Å². The van der Waals surface area contributed by atoms with Gasteiger partial charge in [0.05, 0.1) is 33.4 Å². The Labute approximate surface area is 131 Å². The molecule has 1 aliphatic heterocycles. The van der Waals surface area contributed by atoms with Gasteiger partial charge in [0.15, 0.2) is 17.6 Å². The molecule has 122 valence electrons. The van der Waals surface area contributed by atoms with Crippen molar-refractivity contribution in [3.05, 3.63) is 24.3 Å². The molecule has 1 aromatic carbocycles. The average Bonchev–Trinajstić information content (AvgIpc) is 2.56. The average molecular weight is 309 g/mol. The van der Waals surface area contributed by atoms with Crippen LogP contribution >= 0.6 is 0 Å². The summed E-state index contributed by atoms with van der Waals surface area (Å²) in [5.74, 6) is 1.09. The fourth-order valence-electron chi connectivity index (χ4n) is 2.38. The highest BCUT2D eigenvalue weighted by Gasteiger charge is 2.18. The van der Waals surface area contributed by atoms with Crippen molar-refractivity contribution in [2.75, 3.05) is 46.5 Å². The van der Waals surface area contributed by atoms with Gasteiger partial charge < -0.3 is 24.4 Å². The van der Waals surface area contributed by atoms with Crippen molar-refractivity contribution in [2.45, 2.75) is 13.0 Å². The third-order valence-electron chi connectivity index (χ3n) is 3.72. The highest BCUT2D eigenvalue weighted by molar-refractivity contribution is 5.80. The smallest absolute Gasteiger partial charge is 0.260 e. The number of para-hydroxylation sites is 2. The van der Waals surface area contributed by atoms with Crippen molar-refractivity contribution in [3.8, 4) is 11.5 Å². The normalized spacial score (nSPS) is 16.8. The number of hydrogen-bond donors (Lipinski definition) is 2. The van der Waals surface area contributed by atoms with Crippen LogP contribution in [0.25, 0.3) is 0 Å². The zero-order valence-electron chi connectivity index (χ0n) is 13.3. The third kappa shape index (κ3) is 4.89. The van der Waals surface area contributed by atoms with E-state index in [2.05, 4.69) is 5.32 Å². The summed E-state index contributed by atoms with van der Waals surface area (Å²) in [4.78, 5) is 13.5. The number of carbonyl (C=O) groups is 1. The highest BCUT2D eigenvalue weighted by Crippen LogP contribution is 2.26. The molecule has 6 nitrogen and oxygen atoms in total. The second-order valence-electron chi connectivity index (χ2n) is 5.31. The van der Waals surface area contributed by atoms with Gasteiger partial charge >= 0.3 is 0 Å². The van der Waals surface area contributed by atoms with Crippen molar-refractivity contribution >= 4 is 5.91 Å². The van der Waals surface area contributed by atoms with Gasteiger partial charge in [0.2, 0.25) is 0 Å².